The number of nitrogens with one attached hydrogen (secondary N) is 1. The van der Waals surface area contributed by atoms with Crippen LogP contribution in [0.4, 0.5) is 8.78 Å². The van der Waals surface area contributed by atoms with Crippen LogP contribution in [0, 0.1) is 5.92 Å². The van der Waals surface area contributed by atoms with Gasteiger partial charge in [0, 0.05) is 29.7 Å². The maximum absolute atomic E-state index is 12.4. The Morgan fingerprint density at radius 1 is 1.29 bits per heavy atom. The lowest BCUT2D eigenvalue weighted by atomic mass is 10.0. The molecule has 0 aliphatic carbocycles. The Labute approximate surface area is 130 Å². The zero-order chi connectivity index (χ0) is 16.0. The maximum Gasteiger partial charge on any atom is 0.387 e. The van der Waals surface area contributed by atoms with Crippen molar-refractivity contribution in [3.63, 3.8) is 0 Å². The van der Waals surface area contributed by atoms with E-state index < -0.39 is 6.61 Å². The van der Waals surface area contributed by atoms with Crippen LogP contribution in [-0.2, 0) is 6.54 Å². The summed E-state index contributed by atoms with van der Waals surface area (Å²) in [5.74, 6) is 0.584. The van der Waals surface area contributed by atoms with Crippen molar-refractivity contribution in [2.45, 2.75) is 33.0 Å². The molecule has 1 aromatic carbocycles. The van der Waals surface area contributed by atoms with Crippen LogP contribution >= 0.6 is 11.6 Å². The lowest BCUT2D eigenvalue weighted by Crippen LogP contribution is -2.41. The quantitative estimate of drug-likeness (QED) is 0.792. The standard InChI is InChI=1S/C15H23ClF2N2O/c1-10(2)13(9-20(3)4)19-8-11-7-12(16)5-6-14(11)21-15(17)18/h5-7,10,13,15,19H,8-9H2,1-4H3. The highest BCUT2D eigenvalue weighted by molar-refractivity contribution is 6.30. The van der Waals surface area contributed by atoms with Gasteiger partial charge in [0.1, 0.15) is 5.75 Å². The summed E-state index contributed by atoms with van der Waals surface area (Å²) >= 11 is 5.94. The average Bonchev–Trinajstić information content (AvgIpc) is 2.36. The predicted octanol–water partition coefficient (Wildman–Crippen LogP) is 3.62. The monoisotopic (exact) mass is 320 g/mol. The number of nitrogens with zero attached hydrogens (tertiary/aromatic N) is 1. The van der Waals surface area contributed by atoms with Gasteiger partial charge in [0.05, 0.1) is 0 Å². The number of ether oxygens (including phenoxy) is 1. The van der Waals surface area contributed by atoms with Gasteiger partial charge in [-0.15, -0.1) is 0 Å². The molecular formula is C15H23ClF2N2O. The van der Waals surface area contributed by atoms with Crippen molar-refractivity contribution in [1.29, 1.82) is 0 Å². The summed E-state index contributed by atoms with van der Waals surface area (Å²) in [7, 11) is 4.00. The molecule has 0 spiro atoms. The van der Waals surface area contributed by atoms with Gasteiger partial charge in [-0.1, -0.05) is 25.4 Å². The van der Waals surface area contributed by atoms with Gasteiger partial charge in [-0.25, -0.2) is 0 Å². The second kappa shape index (κ2) is 8.51. The molecule has 0 radical (unpaired) electrons. The SMILES string of the molecule is CC(C)C(CN(C)C)NCc1cc(Cl)ccc1OC(F)F. The number of likely N-dealkylation sites (N-methyl/N-ethyl adjacent to an activating group) is 1. The molecule has 0 bridgehead atoms. The summed E-state index contributed by atoms with van der Waals surface area (Å²) in [6.45, 7) is 2.70. The second-order valence-electron chi connectivity index (χ2n) is 5.62. The molecule has 1 atom stereocenters. The first kappa shape index (κ1) is 18.1. The van der Waals surface area contributed by atoms with E-state index in [-0.39, 0.29) is 11.8 Å². The van der Waals surface area contributed by atoms with E-state index in [0.29, 0.717) is 23.0 Å². The van der Waals surface area contributed by atoms with Crippen molar-refractivity contribution in [1.82, 2.24) is 10.2 Å². The number of alkyl halides is 2. The van der Waals surface area contributed by atoms with Crippen molar-refractivity contribution in [3.8, 4) is 5.75 Å². The number of hydrogen-bond acceptors (Lipinski definition) is 3. The summed E-state index contributed by atoms with van der Waals surface area (Å²) in [4.78, 5) is 2.09. The third kappa shape index (κ3) is 6.59. The molecule has 0 fully saturated rings. The fourth-order valence-corrected chi connectivity index (χ4v) is 2.24. The fourth-order valence-electron chi connectivity index (χ4n) is 2.04. The molecule has 1 rings (SSSR count). The molecule has 0 saturated carbocycles. The predicted molar refractivity (Wildman–Crippen MR) is 82.1 cm³/mol. The Hall–Kier alpha value is -0.910. The zero-order valence-corrected chi connectivity index (χ0v) is 13.6. The fraction of sp³-hybridized carbons (Fsp3) is 0.600. The van der Waals surface area contributed by atoms with Gasteiger partial charge in [0.25, 0.3) is 0 Å². The first-order chi connectivity index (χ1) is 9.79. The highest BCUT2D eigenvalue weighted by Crippen LogP contribution is 2.24. The molecule has 6 heteroatoms. The largest absolute Gasteiger partial charge is 0.434 e. The molecule has 0 aliphatic heterocycles. The minimum Gasteiger partial charge on any atom is -0.434 e. The Balaban J connectivity index is 2.78. The molecule has 0 aromatic heterocycles. The molecule has 0 heterocycles. The van der Waals surface area contributed by atoms with Crippen molar-refractivity contribution < 1.29 is 13.5 Å². The summed E-state index contributed by atoms with van der Waals surface area (Å²) < 4.78 is 29.4. The zero-order valence-electron chi connectivity index (χ0n) is 12.9. The minimum atomic E-state index is -2.84. The summed E-state index contributed by atoms with van der Waals surface area (Å²) in [6.07, 6.45) is 0. The highest BCUT2D eigenvalue weighted by Gasteiger charge is 2.16. The molecule has 0 aliphatic rings. The van der Waals surface area contributed by atoms with Crippen LogP contribution in [-0.4, -0.2) is 38.2 Å². The van der Waals surface area contributed by atoms with Crippen LogP contribution in [0.3, 0.4) is 0 Å². The van der Waals surface area contributed by atoms with Crippen LogP contribution in [0.15, 0.2) is 18.2 Å². The summed E-state index contributed by atoms with van der Waals surface area (Å²) in [6, 6.07) is 4.92. The molecular weight excluding hydrogens is 298 g/mol. The van der Waals surface area contributed by atoms with E-state index in [1.807, 2.05) is 14.1 Å². The van der Waals surface area contributed by atoms with E-state index in [4.69, 9.17) is 11.6 Å². The van der Waals surface area contributed by atoms with Gasteiger partial charge >= 0.3 is 6.61 Å². The van der Waals surface area contributed by atoms with Crippen molar-refractivity contribution in [3.05, 3.63) is 28.8 Å². The van der Waals surface area contributed by atoms with Crippen molar-refractivity contribution in [2.24, 2.45) is 5.92 Å². The number of benzene rings is 1. The van der Waals surface area contributed by atoms with E-state index in [0.717, 1.165) is 6.54 Å². The smallest absolute Gasteiger partial charge is 0.387 e. The van der Waals surface area contributed by atoms with Crippen LogP contribution < -0.4 is 10.1 Å². The van der Waals surface area contributed by atoms with Gasteiger partial charge < -0.3 is 15.0 Å². The average molecular weight is 321 g/mol. The molecule has 3 nitrogen and oxygen atoms in total. The third-order valence-corrected chi connectivity index (χ3v) is 3.39. The van der Waals surface area contributed by atoms with Gasteiger partial charge in [-0.2, -0.15) is 8.78 Å². The van der Waals surface area contributed by atoms with E-state index in [2.05, 4.69) is 28.8 Å². The molecule has 21 heavy (non-hydrogen) atoms. The van der Waals surface area contributed by atoms with Gasteiger partial charge in [0.15, 0.2) is 0 Å². The van der Waals surface area contributed by atoms with Crippen molar-refractivity contribution >= 4 is 11.6 Å². The van der Waals surface area contributed by atoms with Crippen LogP contribution in [0.2, 0.25) is 5.02 Å². The van der Waals surface area contributed by atoms with Gasteiger partial charge in [-0.05, 0) is 38.2 Å². The Kier molecular flexibility index (Phi) is 7.35. The normalized spacial score (nSPS) is 13.2. The van der Waals surface area contributed by atoms with Gasteiger partial charge in [-0.3, -0.25) is 0 Å². The topological polar surface area (TPSA) is 24.5 Å². The lowest BCUT2D eigenvalue weighted by Gasteiger charge is -2.26. The third-order valence-electron chi connectivity index (χ3n) is 3.16. The second-order valence-corrected chi connectivity index (χ2v) is 6.06. The molecule has 120 valence electrons. The number of halogens is 3. The maximum atomic E-state index is 12.4. The molecule has 1 unspecified atom stereocenters. The first-order valence-electron chi connectivity index (χ1n) is 6.91. The number of hydrogen-bond donors (Lipinski definition) is 1. The van der Waals surface area contributed by atoms with Crippen LogP contribution in [0.1, 0.15) is 19.4 Å². The first-order valence-corrected chi connectivity index (χ1v) is 7.28. The molecule has 1 N–H and O–H groups in total. The van der Waals surface area contributed by atoms with Crippen molar-refractivity contribution in [2.75, 3.05) is 20.6 Å². The summed E-state index contributed by atoms with van der Waals surface area (Å²) in [5.41, 5.74) is 0.632. The number of rotatable bonds is 8. The summed E-state index contributed by atoms with van der Waals surface area (Å²) in [5, 5.41) is 3.88. The van der Waals surface area contributed by atoms with E-state index in [1.54, 1.807) is 12.1 Å². The Morgan fingerprint density at radius 3 is 2.48 bits per heavy atom. The van der Waals surface area contributed by atoms with E-state index in [1.165, 1.54) is 6.07 Å². The van der Waals surface area contributed by atoms with E-state index >= 15 is 0 Å². The van der Waals surface area contributed by atoms with Crippen LogP contribution in [0.25, 0.3) is 0 Å². The van der Waals surface area contributed by atoms with Crippen LogP contribution in [0.5, 0.6) is 5.75 Å². The van der Waals surface area contributed by atoms with E-state index in [9.17, 15) is 8.78 Å². The molecule has 0 saturated heterocycles. The minimum absolute atomic E-state index is 0.161. The molecule has 0 amide bonds. The Bertz CT molecular complexity index is 442. The lowest BCUT2D eigenvalue weighted by molar-refractivity contribution is -0.0505. The molecule has 1 aromatic rings. The highest BCUT2D eigenvalue weighted by atomic mass is 35.5. The Morgan fingerprint density at radius 2 is 1.95 bits per heavy atom. The van der Waals surface area contributed by atoms with Gasteiger partial charge in [0.2, 0.25) is 0 Å².